The Morgan fingerprint density at radius 3 is 2.56 bits per heavy atom. The van der Waals surface area contributed by atoms with Crippen LogP contribution in [-0.2, 0) is 4.74 Å². The lowest BCUT2D eigenvalue weighted by Gasteiger charge is -2.24. The zero-order chi connectivity index (χ0) is 19.0. The smallest absolute Gasteiger partial charge is 0.231 e. The third-order valence-corrected chi connectivity index (χ3v) is 5.50. The van der Waals surface area contributed by atoms with E-state index in [4.69, 9.17) is 23.7 Å². The Labute approximate surface area is 158 Å². The maximum atomic E-state index is 11.0. The molecule has 1 fully saturated rings. The minimum absolute atomic E-state index is 0.0291. The maximum absolute atomic E-state index is 11.0. The monoisotopic (exact) mass is 372 g/mol. The topological polar surface area (TPSA) is 66.4 Å². The lowest BCUT2D eigenvalue weighted by molar-refractivity contribution is 0.0755. The molecule has 27 heavy (non-hydrogen) atoms. The van der Waals surface area contributed by atoms with Gasteiger partial charge in [-0.25, -0.2) is 0 Å². The number of rotatable bonds is 5. The molecule has 0 spiro atoms. The van der Waals surface area contributed by atoms with E-state index in [1.807, 2.05) is 36.4 Å². The third-order valence-electron chi connectivity index (χ3n) is 5.50. The Kier molecular flexibility index (Phi) is 4.85. The van der Waals surface area contributed by atoms with Gasteiger partial charge in [-0.05, 0) is 41.3 Å². The second-order valence-electron chi connectivity index (χ2n) is 6.95. The van der Waals surface area contributed by atoms with Gasteiger partial charge in [0.2, 0.25) is 6.79 Å². The molecule has 144 valence electrons. The highest BCUT2D eigenvalue weighted by molar-refractivity contribution is 5.46. The summed E-state index contributed by atoms with van der Waals surface area (Å²) in [6.07, 6.45) is -0.752. The van der Waals surface area contributed by atoms with Crippen LogP contribution in [0.5, 0.6) is 23.0 Å². The average molecular weight is 372 g/mol. The molecule has 0 bridgehead atoms. The zero-order valence-electron chi connectivity index (χ0n) is 15.7. The second-order valence-corrected chi connectivity index (χ2v) is 6.95. The Morgan fingerprint density at radius 2 is 1.78 bits per heavy atom. The van der Waals surface area contributed by atoms with Crippen LogP contribution in [0.15, 0.2) is 36.4 Å². The van der Waals surface area contributed by atoms with E-state index in [0.717, 1.165) is 22.6 Å². The Hall–Kier alpha value is -2.44. The molecule has 2 aliphatic heterocycles. The first-order valence-corrected chi connectivity index (χ1v) is 9.03. The van der Waals surface area contributed by atoms with Crippen LogP contribution in [0.1, 0.15) is 30.3 Å². The van der Waals surface area contributed by atoms with Gasteiger partial charge in [-0.1, -0.05) is 19.1 Å². The van der Waals surface area contributed by atoms with Gasteiger partial charge in [0.05, 0.1) is 33.0 Å². The summed E-state index contributed by atoms with van der Waals surface area (Å²) in [5, 5.41) is 11.0. The minimum Gasteiger partial charge on any atom is -0.493 e. The molecule has 2 aromatic carbocycles. The molecule has 0 radical (unpaired) electrons. The zero-order valence-corrected chi connectivity index (χ0v) is 15.7. The number of ether oxygens (including phenoxy) is 5. The molecule has 0 saturated carbocycles. The Bertz CT molecular complexity index is 820. The van der Waals surface area contributed by atoms with Gasteiger partial charge in [0.1, 0.15) is 0 Å². The van der Waals surface area contributed by atoms with Gasteiger partial charge in [0.25, 0.3) is 0 Å². The van der Waals surface area contributed by atoms with Crippen molar-refractivity contribution in [2.45, 2.75) is 19.1 Å². The molecule has 2 aromatic rings. The van der Waals surface area contributed by atoms with Crippen molar-refractivity contribution in [1.29, 1.82) is 0 Å². The summed E-state index contributed by atoms with van der Waals surface area (Å²) in [6, 6.07) is 11.4. The van der Waals surface area contributed by atoms with Gasteiger partial charge in [-0.15, -0.1) is 0 Å². The van der Waals surface area contributed by atoms with E-state index in [2.05, 4.69) is 6.92 Å². The van der Waals surface area contributed by atoms with Crippen LogP contribution in [-0.4, -0.2) is 32.7 Å². The highest BCUT2D eigenvalue weighted by Gasteiger charge is 2.40. The lowest BCUT2D eigenvalue weighted by Crippen LogP contribution is -2.19. The van der Waals surface area contributed by atoms with Crippen molar-refractivity contribution >= 4 is 0 Å². The van der Waals surface area contributed by atoms with Gasteiger partial charge < -0.3 is 28.8 Å². The van der Waals surface area contributed by atoms with E-state index >= 15 is 0 Å². The fourth-order valence-electron chi connectivity index (χ4n) is 3.90. The van der Waals surface area contributed by atoms with Crippen LogP contribution < -0.4 is 18.9 Å². The standard InChI is InChI=1S/C21H24O6/c1-12-15(20(22)13-4-6-16(23-2)18(8-13)24-3)10-25-21(12)14-5-7-17-19(9-14)27-11-26-17/h4-9,12,15,20-22H,10-11H2,1-3H3/t12-,15?,20-,21-/m0/s1. The SMILES string of the molecule is COc1ccc([C@H](O)C2CO[C@H](c3ccc4c(c3)OCO4)[C@H]2C)cc1OC. The largest absolute Gasteiger partial charge is 0.493 e. The van der Waals surface area contributed by atoms with Crippen LogP contribution >= 0.6 is 0 Å². The highest BCUT2D eigenvalue weighted by atomic mass is 16.7. The summed E-state index contributed by atoms with van der Waals surface area (Å²) < 4.78 is 27.5. The summed E-state index contributed by atoms with van der Waals surface area (Å²) in [4.78, 5) is 0. The molecule has 1 saturated heterocycles. The number of benzene rings is 2. The fraction of sp³-hybridized carbons (Fsp3) is 0.429. The molecule has 6 heteroatoms. The van der Waals surface area contributed by atoms with Crippen LogP contribution in [0.3, 0.4) is 0 Å². The van der Waals surface area contributed by atoms with E-state index in [1.54, 1.807) is 14.2 Å². The molecule has 2 heterocycles. The molecule has 6 nitrogen and oxygen atoms in total. The van der Waals surface area contributed by atoms with E-state index in [0.29, 0.717) is 18.1 Å². The predicted molar refractivity (Wildman–Crippen MR) is 98.4 cm³/mol. The van der Waals surface area contributed by atoms with Crippen LogP contribution in [0, 0.1) is 11.8 Å². The second kappa shape index (κ2) is 7.29. The first-order valence-electron chi connectivity index (χ1n) is 9.03. The van der Waals surface area contributed by atoms with Crippen molar-refractivity contribution in [2.24, 2.45) is 11.8 Å². The van der Waals surface area contributed by atoms with Crippen molar-refractivity contribution in [3.05, 3.63) is 47.5 Å². The van der Waals surface area contributed by atoms with Crippen LogP contribution in [0.25, 0.3) is 0 Å². The minimum atomic E-state index is -0.654. The van der Waals surface area contributed by atoms with Gasteiger partial charge >= 0.3 is 0 Å². The van der Waals surface area contributed by atoms with Crippen molar-refractivity contribution in [1.82, 2.24) is 0 Å². The van der Waals surface area contributed by atoms with Crippen molar-refractivity contribution in [3.8, 4) is 23.0 Å². The summed E-state index contributed by atoms with van der Waals surface area (Å²) in [7, 11) is 3.18. The molecule has 1 unspecified atom stereocenters. The summed E-state index contributed by atoms with van der Waals surface area (Å²) in [5.74, 6) is 2.85. The number of hydrogen-bond acceptors (Lipinski definition) is 6. The van der Waals surface area contributed by atoms with Gasteiger partial charge in [0.15, 0.2) is 23.0 Å². The Balaban J connectivity index is 1.53. The first kappa shape index (κ1) is 17.9. The van der Waals surface area contributed by atoms with E-state index in [9.17, 15) is 5.11 Å². The van der Waals surface area contributed by atoms with Crippen molar-refractivity contribution in [3.63, 3.8) is 0 Å². The first-order chi connectivity index (χ1) is 13.1. The van der Waals surface area contributed by atoms with Gasteiger partial charge in [-0.2, -0.15) is 0 Å². The molecule has 4 rings (SSSR count). The van der Waals surface area contributed by atoms with E-state index < -0.39 is 6.10 Å². The van der Waals surface area contributed by atoms with Crippen molar-refractivity contribution < 1.29 is 28.8 Å². The maximum Gasteiger partial charge on any atom is 0.231 e. The number of fused-ring (bicyclic) bond motifs is 1. The van der Waals surface area contributed by atoms with E-state index in [1.165, 1.54) is 0 Å². The van der Waals surface area contributed by atoms with Gasteiger partial charge in [0, 0.05) is 5.92 Å². The van der Waals surface area contributed by atoms with E-state index in [-0.39, 0.29) is 24.7 Å². The summed E-state index contributed by atoms with van der Waals surface area (Å²) >= 11 is 0. The average Bonchev–Trinajstić information content (AvgIpc) is 3.32. The van der Waals surface area contributed by atoms with Crippen molar-refractivity contribution in [2.75, 3.05) is 27.6 Å². The molecule has 0 aromatic heterocycles. The number of hydrogen-bond donors (Lipinski definition) is 1. The Morgan fingerprint density at radius 1 is 1.00 bits per heavy atom. The molecular weight excluding hydrogens is 348 g/mol. The quantitative estimate of drug-likeness (QED) is 0.867. The molecule has 0 aliphatic carbocycles. The normalized spacial score (nSPS) is 24.7. The fourth-order valence-corrected chi connectivity index (χ4v) is 3.90. The predicted octanol–water partition coefficient (Wildman–Crippen LogP) is 3.49. The molecule has 1 N–H and O–H groups in total. The molecular formula is C21H24O6. The lowest BCUT2D eigenvalue weighted by atomic mass is 9.83. The number of aliphatic hydroxyl groups excluding tert-OH is 1. The number of methoxy groups -OCH3 is 2. The summed E-state index contributed by atoms with van der Waals surface area (Å²) in [6.45, 7) is 2.84. The third kappa shape index (κ3) is 3.19. The molecule has 0 amide bonds. The molecule has 2 aliphatic rings. The molecule has 4 atom stereocenters. The van der Waals surface area contributed by atoms with Crippen LogP contribution in [0.4, 0.5) is 0 Å². The summed E-state index contributed by atoms with van der Waals surface area (Å²) in [5.41, 5.74) is 1.83. The number of aliphatic hydroxyl groups is 1. The van der Waals surface area contributed by atoms with Gasteiger partial charge in [-0.3, -0.25) is 0 Å². The highest BCUT2D eigenvalue weighted by Crippen LogP contribution is 2.46. The van der Waals surface area contributed by atoms with Crippen LogP contribution in [0.2, 0.25) is 0 Å².